The van der Waals surface area contributed by atoms with Crippen LogP contribution < -0.4 is 5.32 Å². The molecule has 2 N–H and O–H groups in total. The number of amides is 2. The van der Waals surface area contributed by atoms with E-state index in [4.69, 9.17) is 0 Å². The Kier molecular flexibility index (Phi) is 6.71. The predicted molar refractivity (Wildman–Crippen MR) is 132 cm³/mol. The summed E-state index contributed by atoms with van der Waals surface area (Å²) in [5.74, 6) is 1.17. The van der Waals surface area contributed by atoms with E-state index in [1.54, 1.807) is 23.2 Å². The van der Waals surface area contributed by atoms with Crippen molar-refractivity contribution in [3.63, 3.8) is 0 Å². The van der Waals surface area contributed by atoms with Gasteiger partial charge in [0.15, 0.2) is 5.82 Å². The average Bonchev–Trinajstić information content (AvgIpc) is 3.40. The highest BCUT2D eigenvalue weighted by molar-refractivity contribution is 5.94. The fourth-order valence-corrected chi connectivity index (χ4v) is 4.45. The van der Waals surface area contributed by atoms with Gasteiger partial charge in [0.2, 0.25) is 0 Å². The van der Waals surface area contributed by atoms with Gasteiger partial charge in [-0.3, -0.25) is 14.6 Å². The first-order valence-electron chi connectivity index (χ1n) is 11.8. The molecule has 1 unspecified atom stereocenters. The molecule has 2 amide bonds. The van der Waals surface area contributed by atoms with Gasteiger partial charge in [0.25, 0.3) is 11.8 Å². The molecule has 0 spiro atoms. The predicted octanol–water partition coefficient (Wildman–Crippen LogP) is 2.74. The van der Waals surface area contributed by atoms with E-state index < -0.39 is 5.60 Å². The number of hydrogen-bond donors (Lipinski definition) is 2. The molecule has 35 heavy (non-hydrogen) atoms. The molecule has 2 aromatic heterocycles. The van der Waals surface area contributed by atoms with E-state index in [0.717, 1.165) is 41.2 Å². The average molecular weight is 477 g/mol. The molecule has 2 aliphatic rings. The first kappa shape index (κ1) is 24.5. The minimum absolute atomic E-state index is 0.246. The molecule has 1 atom stereocenters. The second-order valence-electron chi connectivity index (χ2n) is 9.76. The fourth-order valence-electron chi connectivity index (χ4n) is 4.45. The van der Waals surface area contributed by atoms with Crippen LogP contribution in [-0.4, -0.2) is 53.7 Å². The molecule has 0 aromatic carbocycles. The van der Waals surface area contributed by atoms with Crippen LogP contribution >= 0.6 is 0 Å². The fraction of sp³-hybridized carbons (Fsp3) is 0.423. The zero-order chi connectivity index (χ0) is 25.3. The van der Waals surface area contributed by atoms with Crippen LogP contribution in [0, 0.1) is 0 Å². The number of allylic oxidation sites excluding steroid dienone is 4. The standard InChI is InChI=1S/C26H32N6O3/c1-16(23-30-29-22-10-9-18(3)32(22)23)7-6-8-17(2)28-24(33)21-13-20-15-31(25(34)26(4,5)35)12-11-19(20)14-27-21/h6-8,13-14,18,35H,2,9-12,15H2,1,3-5H3,(H,28,33)/b8-6-,16-7+. The Bertz CT molecular complexity index is 1230. The van der Waals surface area contributed by atoms with E-state index in [1.807, 2.05) is 19.1 Å². The van der Waals surface area contributed by atoms with Crippen molar-refractivity contribution in [1.29, 1.82) is 0 Å². The molecule has 0 bridgehead atoms. The zero-order valence-corrected chi connectivity index (χ0v) is 20.7. The number of nitrogens with one attached hydrogen (secondary N) is 1. The molecule has 2 aliphatic heterocycles. The lowest BCUT2D eigenvalue weighted by atomic mass is 9.99. The van der Waals surface area contributed by atoms with Crippen LogP contribution in [0.3, 0.4) is 0 Å². The molecule has 0 saturated heterocycles. The third-order valence-electron chi connectivity index (χ3n) is 6.40. The number of aliphatic hydroxyl groups is 1. The number of fused-ring (bicyclic) bond motifs is 2. The molecule has 0 radical (unpaired) electrons. The van der Waals surface area contributed by atoms with Gasteiger partial charge in [0.1, 0.15) is 17.1 Å². The molecule has 9 nitrogen and oxygen atoms in total. The zero-order valence-electron chi connectivity index (χ0n) is 20.7. The van der Waals surface area contributed by atoms with Crippen molar-refractivity contribution in [2.24, 2.45) is 0 Å². The topological polar surface area (TPSA) is 113 Å². The SMILES string of the molecule is C=C(/C=C\C=C(/C)c1nnc2n1C(C)CC2)NC(=O)c1cc2c(cn1)CCN(C(=O)C(C)(C)O)C2. The second kappa shape index (κ2) is 9.58. The van der Waals surface area contributed by atoms with Crippen molar-refractivity contribution in [3.8, 4) is 0 Å². The van der Waals surface area contributed by atoms with Gasteiger partial charge in [0, 0.05) is 37.4 Å². The molecule has 0 saturated carbocycles. The summed E-state index contributed by atoms with van der Waals surface area (Å²) in [4.78, 5) is 31.1. The Labute approximate surface area is 205 Å². The van der Waals surface area contributed by atoms with Gasteiger partial charge in [0.05, 0.1) is 0 Å². The maximum atomic E-state index is 12.7. The maximum absolute atomic E-state index is 12.7. The van der Waals surface area contributed by atoms with Crippen LogP contribution in [-0.2, 0) is 24.2 Å². The Morgan fingerprint density at radius 2 is 2.03 bits per heavy atom. The van der Waals surface area contributed by atoms with Crippen molar-refractivity contribution < 1.29 is 14.7 Å². The van der Waals surface area contributed by atoms with Crippen LogP contribution in [0.1, 0.15) is 73.4 Å². The summed E-state index contributed by atoms with van der Waals surface area (Å²) in [6, 6.07) is 2.09. The van der Waals surface area contributed by atoms with E-state index in [2.05, 4.69) is 38.6 Å². The van der Waals surface area contributed by atoms with Crippen LogP contribution in [0.15, 0.2) is 42.8 Å². The maximum Gasteiger partial charge on any atom is 0.274 e. The minimum Gasteiger partial charge on any atom is -0.381 e. The lowest BCUT2D eigenvalue weighted by Crippen LogP contribution is -2.47. The molecule has 0 aliphatic carbocycles. The number of carbonyl (C=O) groups is 2. The van der Waals surface area contributed by atoms with Crippen molar-refractivity contribution in [2.45, 2.75) is 65.1 Å². The van der Waals surface area contributed by atoms with Crippen molar-refractivity contribution in [1.82, 2.24) is 30.0 Å². The number of nitrogens with zero attached hydrogens (tertiary/aromatic N) is 5. The number of pyridine rings is 1. The van der Waals surface area contributed by atoms with E-state index in [0.29, 0.717) is 31.2 Å². The monoisotopic (exact) mass is 476 g/mol. The minimum atomic E-state index is -1.44. The molecule has 4 rings (SSSR count). The van der Waals surface area contributed by atoms with Gasteiger partial charge in [-0.15, -0.1) is 10.2 Å². The van der Waals surface area contributed by atoms with E-state index in [9.17, 15) is 14.7 Å². The Morgan fingerprint density at radius 1 is 1.26 bits per heavy atom. The van der Waals surface area contributed by atoms with E-state index >= 15 is 0 Å². The Balaban J connectivity index is 1.39. The molecule has 9 heteroatoms. The summed E-state index contributed by atoms with van der Waals surface area (Å²) >= 11 is 0. The number of hydrogen-bond acceptors (Lipinski definition) is 6. The summed E-state index contributed by atoms with van der Waals surface area (Å²) in [7, 11) is 0. The van der Waals surface area contributed by atoms with Crippen molar-refractivity contribution in [3.05, 3.63) is 71.2 Å². The highest BCUT2D eigenvalue weighted by Gasteiger charge is 2.31. The summed E-state index contributed by atoms with van der Waals surface area (Å²) < 4.78 is 2.17. The number of aromatic nitrogens is 4. The molecule has 2 aromatic rings. The van der Waals surface area contributed by atoms with Gasteiger partial charge in [-0.2, -0.15) is 0 Å². The summed E-state index contributed by atoms with van der Waals surface area (Å²) in [6.45, 7) is 11.9. The van der Waals surface area contributed by atoms with Crippen LogP contribution in [0.4, 0.5) is 0 Å². The van der Waals surface area contributed by atoms with Gasteiger partial charge >= 0.3 is 0 Å². The smallest absolute Gasteiger partial charge is 0.274 e. The van der Waals surface area contributed by atoms with Crippen LogP contribution in [0.25, 0.3) is 5.57 Å². The lowest BCUT2D eigenvalue weighted by Gasteiger charge is -2.32. The molecule has 4 heterocycles. The molecular weight excluding hydrogens is 444 g/mol. The summed E-state index contributed by atoms with van der Waals surface area (Å²) in [5.41, 5.74) is 2.06. The van der Waals surface area contributed by atoms with Crippen LogP contribution in [0.2, 0.25) is 0 Å². The highest BCUT2D eigenvalue weighted by atomic mass is 16.3. The van der Waals surface area contributed by atoms with Gasteiger partial charge in [-0.25, -0.2) is 0 Å². The number of rotatable bonds is 6. The van der Waals surface area contributed by atoms with Crippen molar-refractivity contribution in [2.75, 3.05) is 6.54 Å². The molecule has 184 valence electrons. The van der Waals surface area contributed by atoms with Crippen molar-refractivity contribution >= 4 is 17.4 Å². The molecule has 0 fully saturated rings. The van der Waals surface area contributed by atoms with Gasteiger partial charge in [-0.05, 0) is 69.4 Å². The van der Waals surface area contributed by atoms with E-state index in [1.165, 1.54) is 13.8 Å². The first-order chi connectivity index (χ1) is 16.5. The molecular formula is C26H32N6O3. The third-order valence-corrected chi connectivity index (χ3v) is 6.40. The largest absolute Gasteiger partial charge is 0.381 e. The summed E-state index contributed by atoms with van der Waals surface area (Å²) in [6.07, 6.45) is 9.79. The van der Waals surface area contributed by atoms with Gasteiger partial charge in [-0.1, -0.05) is 18.7 Å². The Hall–Kier alpha value is -3.59. The third kappa shape index (κ3) is 5.24. The lowest BCUT2D eigenvalue weighted by molar-refractivity contribution is -0.148. The number of aryl methyl sites for hydroxylation is 1. The quantitative estimate of drug-likeness (QED) is 0.620. The second-order valence-corrected chi connectivity index (χ2v) is 9.76. The van der Waals surface area contributed by atoms with Gasteiger partial charge < -0.3 is 19.9 Å². The normalized spacial score (nSPS) is 17.9. The first-order valence-corrected chi connectivity index (χ1v) is 11.8. The highest BCUT2D eigenvalue weighted by Crippen LogP contribution is 2.28. The van der Waals surface area contributed by atoms with Crippen LogP contribution in [0.5, 0.6) is 0 Å². The summed E-state index contributed by atoms with van der Waals surface area (Å²) in [5, 5.41) is 21.4. The van der Waals surface area contributed by atoms with E-state index in [-0.39, 0.29) is 17.5 Å². The Morgan fingerprint density at radius 3 is 2.77 bits per heavy atom. The number of carbonyl (C=O) groups excluding carboxylic acids is 2.